The molecule has 0 fully saturated rings. The Kier molecular flexibility index (Phi) is 2.07. The Labute approximate surface area is 123 Å². The minimum absolute atomic E-state index is 1.32. The maximum absolute atomic E-state index is 3.17. The van der Waals surface area contributed by atoms with Crippen molar-refractivity contribution in [2.75, 3.05) is 0 Å². The Morgan fingerprint density at radius 3 is 1.60 bits per heavy atom. The van der Waals surface area contributed by atoms with Gasteiger partial charge < -0.3 is 0 Å². The maximum atomic E-state index is 3.17. The van der Waals surface area contributed by atoms with E-state index in [1.54, 1.807) is 0 Å². The van der Waals surface area contributed by atoms with Crippen LogP contribution in [0.5, 0.6) is 0 Å². The first-order valence-corrected chi connectivity index (χ1v) is 8.08. The van der Waals surface area contributed by atoms with Crippen LogP contribution in [0.25, 0.3) is 40.3 Å². The topological polar surface area (TPSA) is 0 Å². The fourth-order valence-corrected chi connectivity index (χ4v) is 5.05. The fraction of sp³-hybridized carbons (Fsp3) is 0. The molecular formula is C18H8S2. The average Bonchev–Trinajstić information content (AvgIpc) is 3.02. The first-order chi connectivity index (χ1) is 9.90. The van der Waals surface area contributed by atoms with E-state index in [1.807, 2.05) is 34.8 Å². The highest BCUT2D eigenvalue weighted by molar-refractivity contribution is 7.27. The van der Waals surface area contributed by atoms with Gasteiger partial charge in [0.1, 0.15) is 0 Å². The first-order valence-electron chi connectivity index (χ1n) is 6.45. The molecule has 0 saturated heterocycles. The van der Waals surface area contributed by atoms with Gasteiger partial charge in [-0.2, -0.15) is 0 Å². The van der Waals surface area contributed by atoms with Gasteiger partial charge in [-0.25, -0.2) is 0 Å². The Hall–Kier alpha value is -1.90. The van der Waals surface area contributed by atoms with Crippen molar-refractivity contribution < 1.29 is 0 Å². The van der Waals surface area contributed by atoms with Crippen molar-refractivity contribution in [3.63, 3.8) is 0 Å². The Morgan fingerprint density at radius 2 is 1.10 bits per heavy atom. The zero-order chi connectivity index (χ0) is 13.1. The van der Waals surface area contributed by atoms with E-state index in [2.05, 4.69) is 48.5 Å². The maximum Gasteiger partial charge on any atom is 0.0362 e. The van der Waals surface area contributed by atoms with E-state index in [1.165, 1.54) is 40.3 Å². The smallest absolute Gasteiger partial charge is 0.0362 e. The van der Waals surface area contributed by atoms with Crippen LogP contribution in [-0.4, -0.2) is 0 Å². The van der Waals surface area contributed by atoms with Crippen molar-refractivity contribution in [2.45, 2.75) is 0 Å². The van der Waals surface area contributed by atoms with Gasteiger partial charge in [0, 0.05) is 40.3 Å². The third-order valence-electron chi connectivity index (χ3n) is 3.75. The molecule has 5 rings (SSSR count). The molecule has 3 aromatic carbocycles. The van der Waals surface area contributed by atoms with Crippen LogP contribution in [0.2, 0.25) is 0 Å². The van der Waals surface area contributed by atoms with E-state index in [4.69, 9.17) is 0 Å². The van der Waals surface area contributed by atoms with Crippen molar-refractivity contribution in [1.82, 2.24) is 0 Å². The fourth-order valence-electron chi connectivity index (χ4n) is 2.83. The predicted octanol–water partition coefficient (Wildman–Crippen LogP) is 6.02. The van der Waals surface area contributed by atoms with Gasteiger partial charge in [-0.1, -0.05) is 24.3 Å². The molecule has 0 bridgehead atoms. The minimum atomic E-state index is 1.32. The lowest BCUT2D eigenvalue weighted by Crippen LogP contribution is -1.67. The number of fused-ring (bicyclic) bond motifs is 6. The summed E-state index contributed by atoms with van der Waals surface area (Å²) in [6.07, 6.45) is 0. The first kappa shape index (κ1) is 10.8. The van der Waals surface area contributed by atoms with Crippen LogP contribution in [0.3, 0.4) is 0 Å². The Morgan fingerprint density at radius 1 is 0.600 bits per heavy atom. The molecule has 2 aromatic heterocycles. The predicted molar refractivity (Wildman–Crippen MR) is 89.9 cm³/mol. The molecule has 5 aromatic rings. The third kappa shape index (κ3) is 1.35. The second-order valence-electron chi connectivity index (χ2n) is 4.89. The van der Waals surface area contributed by atoms with Gasteiger partial charge in [0.2, 0.25) is 0 Å². The van der Waals surface area contributed by atoms with E-state index in [0.29, 0.717) is 0 Å². The lowest BCUT2D eigenvalue weighted by Gasteiger charge is -1.93. The summed E-state index contributed by atoms with van der Waals surface area (Å²) in [5.41, 5.74) is 0. The number of thiophene rings is 2. The quantitative estimate of drug-likeness (QED) is 0.327. The zero-order valence-electron chi connectivity index (χ0n) is 10.4. The Bertz CT molecular complexity index is 1010. The summed E-state index contributed by atoms with van der Waals surface area (Å²) in [4.78, 5) is 0. The molecule has 0 aliphatic rings. The van der Waals surface area contributed by atoms with Crippen molar-refractivity contribution in [2.24, 2.45) is 0 Å². The summed E-state index contributed by atoms with van der Waals surface area (Å²) in [7, 11) is 0. The van der Waals surface area contributed by atoms with Crippen molar-refractivity contribution in [1.29, 1.82) is 0 Å². The van der Waals surface area contributed by atoms with Gasteiger partial charge in [-0.3, -0.25) is 0 Å². The van der Waals surface area contributed by atoms with E-state index >= 15 is 0 Å². The van der Waals surface area contributed by atoms with Crippen LogP contribution < -0.4 is 0 Å². The van der Waals surface area contributed by atoms with Gasteiger partial charge in [0.05, 0.1) is 0 Å². The highest BCUT2D eigenvalue weighted by Gasteiger charge is 2.09. The lowest BCUT2D eigenvalue weighted by molar-refractivity contribution is 1.84. The Balaban J connectivity index is 2.05. The molecule has 2 heterocycles. The summed E-state index contributed by atoms with van der Waals surface area (Å²) < 4.78 is 5.36. The molecule has 0 aliphatic heterocycles. The van der Waals surface area contributed by atoms with Gasteiger partial charge in [-0.15, -0.1) is 22.7 Å². The number of hydrogen-bond donors (Lipinski definition) is 0. The minimum Gasteiger partial charge on any atom is -0.135 e. The van der Waals surface area contributed by atoms with Crippen LogP contribution in [0, 0.1) is 12.1 Å². The summed E-state index contributed by atoms with van der Waals surface area (Å²) in [5, 5.41) is 5.41. The van der Waals surface area contributed by atoms with E-state index in [0.717, 1.165) is 0 Å². The van der Waals surface area contributed by atoms with Gasteiger partial charge in [0.25, 0.3) is 0 Å². The molecule has 0 unspecified atom stereocenters. The number of rotatable bonds is 0. The highest BCUT2D eigenvalue weighted by atomic mass is 32.1. The van der Waals surface area contributed by atoms with Crippen LogP contribution in [0.1, 0.15) is 0 Å². The van der Waals surface area contributed by atoms with E-state index in [9.17, 15) is 0 Å². The molecule has 92 valence electrons. The molecule has 0 amide bonds. The van der Waals surface area contributed by atoms with Crippen LogP contribution in [0.4, 0.5) is 0 Å². The molecule has 0 aliphatic carbocycles. The summed E-state index contributed by atoms with van der Waals surface area (Å²) in [6, 6.07) is 23.5. The van der Waals surface area contributed by atoms with E-state index in [-0.39, 0.29) is 0 Å². The van der Waals surface area contributed by atoms with Crippen molar-refractivity contribution >= 4 is 63.0 Å². The number of benzene rings is 3. The molecule has 0 saturated carbocycles. The van der Waals surface area contributed by atoms with Crippen LogP contribution in [-0.2, 0) is 0 Å². The largest absolute Gasteiger partial charge is 0.135 e. The van der Waals surface area contributed by atoms with Gasteiger partial charge in [0.15, 0.2) is 0 Å². The summed E-state index contributed by atoms with van der Waals surface area (Å²) >= 11 is 3.71. The molecular weight excluding hydrogens is 280 g/mol. The SMILES string of the molecule is [c]1ccc2c(c1)sc1cc3c(cc12)sc1c[c]ccc13. The second kappa shape index (κ2) is 3.81. The normalized spacial score (nSPS) is 12.0. The van der Waals surface area contributed by atoms with Crippen LogP contribution in [0.15, 0.2) is 48.5 Å². The molecule has 20 heavy (non-hydrogen) atoms. The van der Waals surface area contributed by atoms with Crippen LogP contribution >= 0.6 is 22.7 Å². The molecule has 2 heteroatoms. The molecule has 0 spiro atoms. The summed E-state index contributed by atoms with van der Waals surface area (Å²) in [5.74, 6) is 0. The van der Waals surface area contributed by atoms with E-state index < -0.39 is 0 Å². The van der Waals surface area contributed by atoms with Gasteiger partial charge in [-0.05, 0) is 36.4 Å². The monoisotopic (exact) mass is 288 g/mol. The van der Waals surface area contributed by atoms with Crippen molar-refractivity contribution in [3.8, 4) is 0 Å². The standard InChI is InChI=1S/C18H8S2/c1-3-7-15-11(5-1)13-9-18-14(10-17(13)19-15)12-6-2-4-8-16(12)20-18/h1-2,5-10H. The second-order valence-corrected chi connectivity index (χ2v) is 7.06. The highest BCUT2D eigenvalue weighted by Crippen LogP contribution is 2.41. The molecule has 0 atom stereocenters. The third-order valence-corrected chi connectivity index (χ3v) is 5.98. The average molecular weight is 288 g/mol. The van der Waals surface area contributed by atoms with Gasteiger partial charge >= 0.3 is 0 Å². The zero-order valence-corrected chi connectivity index (χ0v) is 12.1. The molecule has 2 radical (unpaired) electrons. The van der Waals surface area contributed by atoms with Crippen molar-refractivity contribution in [3.05, 3.63) is 60.7 Å². The molecule has 0 nitrogen and oxygen atoms in total. The lowest BCUT2D eigenvalue weighted by atomic mass is 10.1. The molecule has 0 N–H and O–H groups in total. The summed E-state index contributed by atoms with van der Waals surface area (Å²) in [6.45, 7) is 0. The number of hydrogen-bond acceptors (Lipinski definition) is 2.